The summed E-state index contributed by atoms with van der Waals surface area (Å²) in [5, 5.41) is 16.0. The molecule has 0 unspecified atom stereocenters. The maximum absolute atomic E-state index is 9.43. The molecule has 1 N–H and O–H groups in total. The number of anilines is 1. The van der Waals surface area contributed by atoms with Gasteiger partial charge in [0.2, 0.25) is 0 Å². The summed E-state index contributed by atoms with van der Waals surface area (Å²) in [4.78, 5) is 4.53. The third kappa shape index (κ3) is 4.42. The van der Waals surface area contributed by atoms with Gasteiger partial charge in [-0.25, -0.2) is 4.98 Å². The molecule has 124 valence electrons. The van der Waals surface area contributed by atoms with Crippen LogP contribution in [0.4, 0.5) is 5.69 Å². The molecule has 3 aromatic rings. The molecule has 3 rings (SSSR count). The molecule has 0 fully saturated rings. The second-order valence-corrected chi connectivity index (χ2v) is 7.58. The van der Waals surface area contributed by atoms with Gasteiger partial charge in [-0.2, -0.15) is 5.26 Å². The first-order valence-corrected chi connectivity index (χ1v) is 9.53. The van der Waals surface area contributed by atoms with Crippen molar-refractivity contribution in [2.24, 2.45) is 0 Å². The quantitative estimate of drug-likeness (QED) is 0.441. The molecule has 0 amide bonds. The molecule has 0 radical (unpaired) electrons. The number of nitriles is 1. The van der Waals surface area contributed by atoms with Crippen molar-refractivity contribution in [2.45, 2.75) is 0 Å². The van der Waals surface area contributed by atoms with Gasteiger partial charge >= 0.3 is 0 Å². The van der Waals surface area contributed by atoms with Crippen LogP contribution in [0.15, 0.2) is 58.5 Å². The summed E-state index contributed by atoms with van der Waals surface area (Å²) >= 11 is 16.8. The van der Waals surface area contributed by atoms with E-state index in [1.54, 1.807) is 18.3 Å². The number of benzene rings is 2. The molecular formula is C18H10BrCl2N3S. The summed E-state index contributed by atoms with van der Waals surface area (Å²) in [6, 6.07) is 15.2. The molecule has 7 heteroatoms. The SMILES string of the molecule is N#CC(=CNc1cccc(Br)c1)c1nc(-c2ccc(Cl)c(Cl)c2)cs1. The number of allylic oxidation sites excluding steroid dienone is 1. The van der Waals surface area contributed by atoms with Gasteiger partial charge in [0.25, 0.3) is 0 Å². The number of rotatable bonds is 4. The summed E-state index contributed by atoms with van der Waals surface area (Å²) in [5.41, 5.74) is 2.94. The van der Waals surface area contributed by atoms with E-state index in [1.807, 2.05) is 35.7 Å². The van der Waals surface area contributed by atoms with Crippen LogP contribution < -0.4 is 5.32 Å². The summed E-state index contributed by atoms with van der Waals surface area (Å²) in [6.45, 7) is 0. The Hall–Kier alpha value is -1.84. The average molecular weight is 451 g/mol. The monoisotopic (exact) mass is 449 g/mol. The molecule has 0 saturated heterocycles. The molecule has 1 aromatic heterocycles. The fourth-order valence-electron chi connectivity index (χ4n) is 2.06. The van der Waals surface area contributed by atoms with E-state index in [0.717, 1.165) is 21.4 Å². The Labute approximate surface area is 167 Å². The number of aromatic nitrogens is 1. The Morgan fingerprint density at radius 3 is 2.76 bits per heavy atom. The van der Waals surface area contributed by atoms with E-state index in [4.69, 9.17) is 23.2 Å². The van der Waals surface area contributed by atoms with Crippen LogP contribution in [0.1, 0.15) is 5.01 Å². The van der Waals surface area contributed by atoms with Gasteiger partial charge in [0.15, 0.2) is 0 Å². The van der Waals surface area contributed by atoms with Crippen LogP contribution in [-0.4, -0.2) is 4.98 Å². The van der Waals surface area contributed by atoms with Crippen LogP contribution in [0, 0.1) is 11.3 Å². The molecule has 0 spiro atoms. The Bertz CT molecular complexity index is 992. The lowest BCUT2D eigenvalue weighted by Gasteiger charge is -2.02. The molecule has 0 bridgehead atoms. The van der Waals surface area contributed by atoms with Crippen molar-refractivity contribution in [3.8, 4) is 17.3 Å². The van der Waals surface area contributed by atoms with Crippen molar-refractivity contribution < 1.29 is 0 Å². The van der Waals surface area contributed by atoms with Crippen molar-refractivity contribution in [1.82, 2.24) is 4.98 Å². The fourth-order valence-corrected chi connectivity index (χ4v) is 3.55. The van der Waals surface area contributed by atoms with Crippen LogP contribution >= 0.6 is 50.5 Å². The van der Waals surface area contributed by atoms with Crippen LogP contribution in [0.25, 0.3) is 16.8 Å². The van der Waals surface area contributed by atoms with Gasteiger partial charge < -0.3 is 5.32 Å². The van der Waals surface area contributed by atoms with Crippen molar-refractivity contribution in [1.29, 1.82) is 5.26 Å². The van der Waals surface area contributed by atoms with Crippen molar-refractivity contribution in [3.63, 3.8) is 0 Å². The Morgan fingerprint density at radius 1 is 1.20 bits per heavy atom. The second-order valence-electron chi connectivity index (χ2n) is 4.99. The second kappa shape index (κ2) is 8.03. The lowest BCUT2D eigenvalue weighted by molar-refractivity contribution is 1.36. The molecule has 3 nitrogen and oxygen atoms in total. The number of nitrogens with zero attached hydrogens (tertiary/aromatic N) is 2. The minimum atomic E-state index is 0.455. The largest absolute Gasteiger partial charge is 0.360 e. The maximum Gasteiger partial charge on any atom is 0.136 e. The van der Waals surface area contributed by atoms with Gasteiger partial charge in [-0.05, 0) is 30.3 Å². The summed E-state index contributed by atoms with van der Waals surface area (Å²) in [5.74, 6) is 0. The van der Waals surface area contributed by atoms with E-state index in [-0.39, 0.29) is 0 Å². The van der Waals surface area contributed by atoms with Crippen LogP contribution in [-0.2, 0) is 0 Å². The highest BCUT2D eigenvalue weighted by molar-refractivity contribution is 9.10. The summed E-state index contributed by atoms with van der Waals surface area (Å²) in [6.07, 6.45) is 1.65. The minimum Gasteiger partial charge on any atom is -0.360 e. The van der Waals surface area contributed by atoms with Gasteiger partial charge in [-0.1, -0.05) is 51.3 Å². The molecule has 0 aliphatic rings. The van der Waals surface area contributed by atoms with E-state index < -0.39 is 0 Å². The predicted octanol–water partition coefficient (Wildman–Crippen LogP) is 6.86. The van der Waals surface area contributed by atoms with Crippen molar-refractivity contribution in [3.05, 3.63) is 73.6 Å². The minimum absolute atomic E-state index is 0.455. The molecule has 0 atom stereocenters. The van der Waals surface area contributed by atoms with Crippen LogP contribution in [0.5, 0.6) is 0 Å². The highest BCUT2D eigenvalue weighted by Crippen LogP contribution is 2.30. The first-order chi connectivity index (χ1) is 12.1. The lowest BCUT2D eigenvalue weighted by atomic mass is 10.2. The van der Waals surface area contributed by atoms with Crippen LogP contribution in [0.2, 0.25) is 10.0 Å². The topological polar surface area (TPSA) is 48.7 Å². The van der Waals surface area contributed by atoms with Gasteiger partial charge in [0.05, 0.1) is 15.7 Å². The van der Waals surface area contributed by atoms with Gasteiger partial charge in [-0.3, -0.25) is 0 Å². The molecule has 1 heterocycles. The van der Waals surface area contributed by atoms with E-state index in [0.29, 0.717) is 20.6 Å². The van der Waals surface area contributed by atoms with E-state index in [9.17, 15) is 5.26 Å². The number of nitrogens with one attached hydrogen (secondary N) is 1. The molecule has 25 heavy (non-hydrogen) atoms. The Morgan fingerprint density at radius 2 is 2.04 bits per heavy atom. The third-order valence-electron chi connectivity index (χ3n) is 3.28. The van der Waals surface area contributed by atoms with Gasteiger partial charge in [-0.15, -0.1) is 11.3 Å². The van der Waals surface area contributed by atoms with Crippen LogP contribution in [0.3, 0.4) is 0 Å². The average Bonchev–Trinajstić information content (AvgIpc) is 3.08. The lowest BCUT2D eigenvalue weighted by Crippen LogP contribution is -1.91. The molecule has 0 aliphatic heterocycles. The summed E-state index contributed by atoms with van der Waals surface area (Å²) in [7, 11) is 0. The molecular weight excluding hydrogens is 441 g/mol. The fraction of sp³-hybridized carbons (Fsp3) is 0. The smallest absolute Gasteiger partial charge is 0.136 e. The molecule has 2 aromatic carbocycles. The number of hydrogen-bond donors (Lipinski definition) is 1. The third-order valence-corrected chi connectivity index (χ3v) is 5.39. The zero-order chi connectivity index (χ0) is 17.8. The van der Waals surface area contributed by atoms with E-state index >= 15 is 0 Å². The highest BCUT2D eigenvalue weighted by atomic mass is 79.9. The Kier molecular flexibility index (Phi) is 5.77. The van der Waals surface area contributed by atoms with Gasteiger partial charge in [0.1, 0.15) is 16.6 Å². The maximum atomic E-state index is 9.43. The molecule has 0 saturated carbocycles. The first kappa shape index (κ1) is 18.0. The molecule has 0 aliphatic carbocycles. The van der Waals surface area contributed by atoms with E-state index in [2.05, 4.69) is 32.3 Å². The summed E-state index contributed by atoms with van der Waals surface area (Å²) < 4.78 is 0.959. The zero-order valence-electron chi connectivity index (χ0n) is 12.6. The predicted molar refractivity (Wildman–Crippen MR) is 109 cm³/mol. The first-order valence-electron chi connectivity index (χ1n) is 7.10. The standard InChI is InChI=1S/C18H10BrCl2N3S/c19-13-2-1-3-14(7-13)23-9-12(8-22)18-24-17(10-25-18)11-4-5-15(20)16(21)6-11/h1-7,9-10,23H. The van der Waals surface area contributed by atoms with E-state index in [1.165, 1.54) is 11.3 Å². The normalized spacial score (nSPS) is 11.2. The number of halogens is 3. The zero-order valence-corrected chi connectivity index (χ0v) is 16.5. The van der Waals surface area contributed by atoms with Crippen molar-refractivity contribution >= 4 is 61.7 Å². The highest BCUT2D eigenvalue weighted by Gasteiger charge is 2.10. The Balaban J connectivity index is 1.85. The van der Waals surface area contributed by atoms with Crippen molar-refractivity contribution in [2.75, 3.05) is 5.32 Å². The number of thiazole rings is 1. The van der Waals surface area contributed by atoms with Gasteiger partial charge in [0, 0.05) is 27.3 Å². The number of hydrogen-bond acceptors (Lipinski definition) is 4.